The van der Waals surface area contributed by atoms with E-state index in [1.807, 2.05) is 27.7 Å². The molecule has 0 aromatic carbocycles. The summed E-state index contributed by atoms with van der Waals surface area (Å²) in [6.07, 6.45) is 6.04. The highest BCUT2D eigenvalue weighted by Gasteiger charge is 1.81. The molecule has 96 valence electrons. The number of aliphatic hydroxyl groups excluding tert-OH is 2. The van der Waals surface area contributed by atoms with Gasteiger partial charge in [-0.25, -0.2) is 0 Å². The highest BCUT2D eigenvalue weighted by Crippen LogP contribution is 1.93. The van der Waals surface area contributed by atoms with Gasteiger partial charge < -0.3 is 14.9 Å². The standard InChI is InChI=1S/C8H14O.C5H12O2/c1-7(2)5-9-6-8(3)4;6-4-2-1-3-5-7/h5-6H,1-4H3;6-7H,1-5H2. The molecule has 0 atom stereocenters. The normalized spacial score (nSPS) is 8.62. The average molecular weight is 230 g/mol. The quantitative estimate of drug-likeness (QED) is 0.545. The number of hydrogen-bond acceptors (Lipinski definition) is 3. The van der Waals surface area contributed by atoms with Crippen molar-refractivity contribution >= 4 is 0 Å². The van der Waals surface area contributed by atoms with Crippen LogP contribution in [0.15, 0.2) is 23.7 Å². The maximum absolute atomic E-state index is 8.21. The van der Waals surface area contributed by atoms with Crippen molar-refractivity contribution in [3.05, 3.63) is 23.7 Å². The van der Waals surface area contributed by atoms with Crippen molar-refractivity contribution in [1.82, 2.24) is 0 Å². The number of hydrogen-bond donors (Lipinski definition) is 2. The molecule has 0 saturated carbocycles. The zero-order valence-electron chi connectivity index (χ0n) is 11.0. The first-order chi connectivity index (χ1) is 7.54. The van der Waals surface area contributed by atoms with Crippen LogP contribution in [0, 0.1) is 0 Å². The van der Waals surface area contributed by atoms with E-state index in [-0.39, 0.29) is 13.2 Å². The lowest BCUT2D eigenvalue weighted by atomic mass is 10.2. The fourth-order valence-electron chi connectivity index (χ4n) is 0.707. The topological polar surface area (TPSA) is 49.7 Å². The van der Waals surface area contributed by atoms with Crippen molar-refractivity contribution < 1.29 is 14.9 Å². The van der Waals surface area contributed by atoms with E-state index in [1.165, 1.54) is 11.1 Å². The first-order valence-corrected chi connectivity index (χ1v) is 5.68. The Morgan fingerprint density at radius 2 is 1.19 bits per heavy atom. The number of allylic oxidation sites excluding steroid dienone is 2. The molecule has 0 spiro atoms. The fourth-order valence-corrected chi connectivity index (χ4v) is 0.707. The minimum absolute atomic E-state index is 0.250. The smallest absolute Gasteiger partial charge is 0.0887 e. The Balaban J connectivity index is 0. The Morgan fingerprint density at radius 3 is 1.44 bits per heavy atom. The van der Waals surface area contributed by atoms with Crippen LogP contribution in [0.1, 0.15) is 47.0 Å². The van der Waals surface area contributed by atoms with Crippen molar-refractivity contribution in [2.24, 2.45) is 0 Å². The molecular weight excluding hydrogens is 204 g/mol. The van der Waals surface area contributed by atoms with Gasteiger partial charge in [0.05, 0.1) is 12.5 Å². The highest BCUT2D eigenvalue weighted by molar-refractivity contribution is 4.92. The second kappa shape index (κ2) is 14.2. The Bertz CT molecular complexity index is 167. The van der Waals surface area contributed by atoms with E-state index in [0.717, 1.165) is 19.3 Å². The molecule has 0 unspecified atom stereocenters. The molecule has 0 heterocycles. The van der Waals surface area contributed by atoms with Crippen molar-refractivity contribution in [1.29, 1.82) is 0 Å². The summed E-state index contributed by atoms with van der Waals surface area (Å²) >= 11 is 0. The van der Waals surface area contributed by atoms with Crippen LogP contribution in [0.2, 0.25) is 0 Å². The van der Waals surface area contributed by atoms with E-state index >= 15 is 0 Å². The predicted molar refractivity (Wildman–Crippen MR) is 68.0 cm³/mol. The second-order valence-corrected chi connectivity index (χ2v) is 4.03. The van der Waals surface area contributed by atoms with Gasteiger partial charge in [0.25, 0.3) is 0 Å². The molecule has 0 aliphatic heterocycles. The van der Waals surface area contributed by atoms with Gasteiger partial charge in [0.15, 0.2) is 0 Å². The molecule has 0 bridgehead atoms. The average Bonchev–Trinajstić information content (AvgIpc) is 2.18. The lowest BCUT2D eigenvalue weighted by Crippen LogP contribution is -1.85. The minimum atomic E-state index is 0.250. The third-order valence-corrected chi connectivity index (χ3v) is 1.42. The number of unbranched alkanes of at least 4 members (excludes halogenated alkanes) is 2. The van der Waals surface area contributed by atoms with Gasteiger partial charge in [-0.2, -0.15) is 0 Å². The van der Waals surface area contributed by atoms with Crippen molar-refractivity contribution in [3.63, 3.8) is 0 Å². The number of aliphatic hydroxyl groups is 2. The van der Waals surface area contributed by atoms with Crippen LogP contribution in [0.3, 0.4) is 0 Å². The maximum Gasteiger partial charge on any atom is 0.0887 e. The molecule has 0 aliphatic rings. The van der Waals surface area contributed by atoms with Crippen LogP contribution in [-0.4, -0.2) is 23.4 Å². The first kappa shape index (κ1) is 17.6. The van der Waals surface area contributed by atoms with Crippen LogP contribution in [0.25, 0.3) is 0 Å². The zero-order chi connectivity index (χ0) is 12.8. The Labute approximate surface area is 99.4 Å². The van der Waals surface area contributed by atoms with E-state index in [9.17, 15) is 0 Å². The molecule has 0 aromatic rings. The molecule has 2 N–H and O–H groups in total. The summed E-state index contributed by atoms with van der Waals surface area (Å²) in [7, 11) is 0. The van der Waals surface area contributed by atoms with Crippen LogP contribution in [0.4, 0.5) is 0 Å². The molecule has 16 heavy (non-hydrogen) atoms. The summed E-state index contributed by atoms with van der Waals surface area (Å²) in [5.74, 6) is 0. The Hall–Kier alpha value is -0.800. The molecule has 0 aromatic heterocycles. The Kier molecular flexibility index (Phi) is 15.6. The molecule has 0 amide bonds. The molecule has 0 aliphatic carbocycles. The van der Waals surface area contributed by atoms with Gasteiger partial charge in [-0.1, -0.05) is 0 Å². The van der Waals surface area contributed by atoms with Gasteiger partial charge in [0.1, 0.15) is 0 Å². The summed E-state index contributed by atoms with van der Waals surface area (Å²) in [6.45, 7) is 8.50. The SMILES string of the molecule is CC(C)=COC=C(C)C.OCCCCCO. The molecule has 0 radical (unpaired) electrons. The summed E-state index contributed by atoms with van der Waals surface area (Å²) < 4.78 is 5.03. The molecule has 0 rings (SSSR count). The monoisotopic (exact) mass is 230 g/mol. The molecule has 0 fully saturated rings. The summed E-state index contributed by atoms with van der Waals surface area (Å²) in [6, 6.07) is 0. The van der Waals surface area contributed by atoms with E-state index in [2.05, 4.69) is 0 Å². The van der Waals surface area contributed by atoms with E-state index in [1.54, 1.807) is 12.5 Å². The van der Waals surface area contributed by atoms with Crippen LogP contribution in [0.5, 0.6) is 0 Å². The summed E-state index contributed by atoms with van der Waals surface area (Å²) in [4.78, 5) is 0. The Morgan fingerprint density at radius 1 is 0.812 bits per heavy atom. The predicted octanol–water partition coefficient (Wildman–Crippen LogP) is 2.99. The minimum Gasteiger partial charge on any atom is -0.473 e. The molecule has 3 nitrogen and oxygen atoms in total. The second-order valence-electron chi connectivity index (χ2n) is 4.03. The van der Waals surface area contributed by atoms with E-state index < -0.39 is 0 Å². The molecule has 3 heteroatoms. The maximum atomic E-state index is 8.21. The first-order valence-electron chi connectivity index (χ1n) is 5.68. The van der Waals surface area contributed by atoms with Crippen molar-refractivity contribution in [3.8, 4) is 0 Å². The largest absolute Gasteiger partial charge is 0.473 e. The highest BCUT2D eigenvalue weighted by atomic mass is 16.5. The number of rotatable bonds is 6. The lowest BCUT2D eigenvalue weighted by Gasteiger charge is -1.91. The van der Waals surface area contributed by atoms with Gasteiger partial charge in [0, 0.05) is 13.2 Å². The number of ether oxygens (including phenoxy) is 1. The van der Waals surface area contributed by atoms with Gasteiger partial charge in [-0.3, -0.25) is 0 Å². The van der Waals surface area contributed by atoms with Gasteiger partial charge in [-0.05, 0) is 58.1 Å². The van der Waals surface area contributed by atoms with Crippen LogP contribution in [-0.2, 0) is 4.74 Å². The van der Waals surface area contributed by atoms with Gasteiger partial charge >= 0.3 is 0 Å². The lowest BCUT2D eigenvalue weighted by molar-refractivity contribution is 0.257. The fraction of sp³-hybridized carbons (Fsp3) is 0.692. The summed E-state index contributed by atoms with van der Waals surface area (Å²) in [5, 5.41) is 16.4. The third-order valence-electron chi connectivity index (χ3n) is 1.42. The van der Waals surface area contributed by atoms with Crippen molar-refractivity contribution in [2.75, 3.05) is 13.2 Å². The molecular formula is C13H26O3. The van der Waals surface area contributed by atoms with E-state index in [0.29, 0.717) is 0 Å². The van der Waals surface area contributed by atoms with Gasteiger partial charge in [-0.15, -0.1) is 0 Å². The van der Waals surface area contributed by atoms with Gasteiger partial charge in [0.2, 0.25) is 0 Å². The van der Waals surface area contributed by atoms with Crippen molar-refractivity contribution in [2.45, 2.75) is 47.0 Å². The zero-order valence-corrected chi connectivity index (χ0v) is 11.0. The van der Waals surface area contributed by atoms with Crippen LogP contribution >= 0.6 is 0 Å². The molecule has 0 saturated heterocycles. The third kappa shape index (κ3) is 23.2. The summed E-state index contributed by atoms with van der Waals surface area (Å²) in [5.41, 5.74) is 2.35. The van der Waals surface area contributed by atoms with E-state index in [4.69, 9.17) is 14.9 Å². The van der Waals surface area contributed by atoms with Crippen LogP contribution < -0.4 is 0 Å².